The zero-order chi connectivity index (χ0) is 16.8. The van der Waals surface area contributed by atoms with E-state index in [1.165, 1.54) is 0 Å². The maximum atomic E-state index is 12.5. The lowest BCUT2D eigenvalue weighted by molar-refractivity contribution is 0.0651. The monoisotopic (exact) mass is 325 g/mol. The van der Waals surface area contributed by atoms with Gasteiger partial charge in [0.1, 0.15) is 12.4 Å². The Balaban J connectivity index is 1.55. The largest absolute Gasteiger partial charge is 0.489 e. The van der Waals surface area contributed by atoms with E-state index in [1.54, 1.807) is 0 Å². The Morgan fingerprint density at radius 3 is 2.33 bits per heavy atom. The minimum atomic E-state index is 0.0565. The Morgan fingerprint density at radius 1 is 1.04 bits per heavy atom. The summed E-state index contributed by atoms with van der Waals surface area (Å²) in [7, 11) is 0. The van der Waals surface area contributed by atoms with Crippen LogP contribution in [0.2, 0.25) is 0 Å². The Labute approximate surface area is 142 Å². The van der Waals surface area contributed by atoms with E-state index >= 15 is 0 Å². The van der Waals surface area contributed by atoms with Crippen LogP contribution in [0.3, 0.4) is 0 Å². The highest BCUT2D eigenvalue weighted by Gasteiger charge is 2.23. The van der Waals surface area contributed by atoms with Crippen LogP contribution < -0.4 is 4.74 Å². The average Bonchev–Trinajstić information content (AvgIpc) is 2.67. The van der Waals surface area contributed by atoms with Gasteiger partial charge in [-0.1, -0.05) is 30.3 Å². The number of rotatable bonds is 5. The number of aliphatic hydroxyl groups excluding tert-OH is 1. The third-order valence-corrected chi connectivity index (χ3v) is 4.51. The zero-order valence-electron chi connectivity index (χ0n) is 13.7. The van der Waals surface area contributed by atoms with Gasteiger partial charge in [0, 0.05) is 25.3 Å². The van der Waals surface area contributed by atoms with E-state index in [2.05, 4.69) is 0 Å². The van der Waals surface area contributed by atoms with Gasteiger partial charge in [-0.2, -0.15) is 0 Å². The van der Waals surface area contributed by atoms with Crippen LogP contribution in [0.25, 0.3) is 0 Å². The third-order valence-electron chi connectivity index (χ3n) is 4.51. The smallest absolute Gasteiger partial charge is 0.253 e. The summed E-state index contributed by atoms with van der Waals surface area (Å²) >= 11 is 0. The van der Waals surface area contributed by atoms with Crippen molar-refractivity contribution in [3.63, 3.8) is 0 Å². The molecule has 2 aromatic carbocycles. The first-order chi connectivity index (χ1) is 11.8. The van der Waals surface area contributed by atoms with Crippen molar-refractivity contribution in [2.24, 2.45) is 5.92 Å². The first-order valence-corrected chi connectivity index (χ1v) is 8.43. The zero-order valence-corrected chi connectivity index (χ0v) is 13.7. The fourth-order valence-corrected chi connectivity index (χ4v) is 2.94. The van der Waals surface area contributed by atoms with Crippen LogP contribution in [0, 0.1) is 5.92 Å². The second-order valence-corrected chi connectivity index (χ2v) is 6.22. The molecule has 24 heavy (non-hydrogen) atoms. The highest BCUT2D eigenvalue weighted by molar-refractivity contribution is 5.94. The molecule has 126 valence electrons. The molecule has 1 saturated heterocycles. The second-order valence-electron chi connectivity index (χ2n) is 6.22. The lowest BCUT2D eigenvalue weighted by atomic mass is 9.97. The molecule has 1 aliphatic heterocycles. The fourth-order valence-electron chi connectivity index (χ4n) is 2.94. The van der Waals surface area contributed by atoms with Gasteiger partial charge in [-0.15, -0.1) is 0 Å². The van der Waals surface area contributed by atoms with Crippen molar-refractivity contribution in [3.05, 3.63) is 65.7 Å². The second kappa shape index (κ2) is 7.97. The summed E-state index contributed by atoms with van der Waals surface area (Å²) in [6.45, 7) is 2.17. The van der Waals surface area contributed by atoms with Gasteiger partial charge in [0.05, 0.1) is 0 Å². The van der Waals surface area contributed by atoms with Gasteiger partial charge in [-0.25, -0.2) is 0 Å². The van der Waals surface area contributed by atoms with E-state index in [9.17, 15) is 9.90 Å². The molecule has 0 spiro atoms. The maximum Gasteiger partial charge on any atom is 0.253 e. The number of piperidine rings is 1. The van der Waals surface area contributed by atoms with E-state index in [0.29, 0.717) is 18.1 Å². The number of likely N-dealkylation sites (tertiary alicyclic amines) is 1. The van der Waals surface area contributed by atoms with Gasteiger partial charge in [0.25, 0.3) is 5.91 Å². The van der Waals surface area contributed by atoms with Crippen LogP contribution in [-0.4, -0.2) is 35.6 Å². The highest BCUT2D eigenvalue weighted by atomic mass is 16.5. The molecular formula is C20H23NO3. The van der Waals surface area contributed by atoms with E-state index in [4.69, 9.17) is 4.74 Å². The van der Waals surface area contributed by atoms with Crippen molar-refractivity contribution in [1.82, 2.24) is 4.90 Å². The quantitative estimate of drug-likeness (QED) is 0.919. The molecule has 1 fully saturated rings. The number of ether oxygens (including phenoxy) is 1. The summed E-state index contributed by atoms with van der Waals surface area (Å²) in [6.07, 6.45) is 1.75. The summed E-state index contributed by atoms with van der Waals surface area (Å²) in [6, 6.07) is 17.3. The number of aliphatic hydroxyl groups is 1. The molecule has 0 bridgehead atoms. The van der Waals surface area contributed by atoms with Crippen LogP contribution in [-0.2, 0) is 6.61 Å². The molecule has 2 aromatic rings. The van der Waals surface area contributed by atoms with Crippen molar-refractivity contribution in [2.75, 3.05) is 19.7 Å². The molecule has 1 heterocycles. The normalized spacial score (nSPS) is 15.3. The van der Waals surface area contributed by atoms with E-state index in [-0.39, 0.29) is 12.5 Å². The van der Waals surface area contributed by atoms with Crippen LogP contribution in [0.4, 0.5) is 0 Å². The number of hydrogen-bond donors (Lipinski definition) is 1. The standard InChI is InChI=1S/C20H23NO3/c22-14-16-10-12-21(13-11-16)20(23)18-6-8-19(9-7-18)24-15-17-4-2-1-3-5-17/h1-9,16,22H,10-15H2. The number of benzene rings is 2. The Kier molecular flexibility index (Phi) is 5.49. The van der Waals surface area contributed by atoms with E-state index in [0.717, 1.165) is 37.2 Å². The Bertz CT molecular complexity index is 646. The first kappa shape index (κ1) is 16.5. The molecular weight excluding hydrogens is 302 g/mol. The SMILES string of the molecule is O=C(c1ccc(OCc2ccccc2)cc1)N1CCC(CO)CC1. The van der Waals surface area contributed by atoms with Crippen molar-refractivity contribution >= 4 is 5.91 Å². The molecule has 0 unspecified atom stereocenters. The predicted molar refractivity (Wildman–Crippen MR) is 92.9 cm³/mol. The summed E-state index contributed by atoms with van der Waals surface area (Å²) < 4.78 is 5.75. The molecule has 0 aliphatic carbocycles. The number of hydrogen-bond acceptors (Lipinski definition) is 3. The summed E-state index contributed by atoms with van der Waals surface area (Å²) in [5.74, 6) is 1.15. The number of carbonyl (C=O) groups excluding carboxylic acids is 1. The molecule has 4 nitrogen and oxygen atoms in total. The van der Waals surface area contributed by atoms with Crippen molar-refractivity contribution in [3.8, 4) is 5.75 Å². The van der Waals surface area contributed by atoms with Crippen LogP contribution in [0.15, 0.2) is 54.6 Å². The van der Waals surface area contributed by atoms with Gasteiger partial charge >= 0.3 is 0 Å². The maximum absolute atomic E-state index is 12.5. The molecule has 4 heteroatoms. The molecule has 0 saturated carbocycles. The summed E-state index contributed by atoms with van der Waals surface area (Å²) in [5.41, 5.74) is 1.80. The molecule has 0 radical (unpaired) electrons. The van der Waals surface area contributed by atoms with Crippen molar-refractivity contribution < 1.29 is 14.6 Å². The molecule has 0 atom stereocenters. The molecule has 3 rings (SSSR count). The van der Waals surface area contributed by atoms with Gasteiger partial charge in [-0.05, 0) is 48.6 Å². The minimum Gasteiger partial charge on any atom is -0.489 e. The van der Waals surface area contributed by atoms with Crippen molar-refractivity contribution in [2.45, 2.75) is 19.4 Å². The fraction of sp³-hybridized carbons (Fsp3) is 0.350. The van der Waals surface area contributed by atoms with Crippen LogP contribution in [0.5, 0.6) is 5.75 Å². The summed E-state index contributed by atoms with van der Waals surface area (Å²) in [5, 5.41) is 9.18. The van der Waals surface area contributed by atoms with Gasteiger partial charge < -0.3 is 14.7 Å². The van der Waals surface area contributed by atoms with Crippen LogP contribution >= 0.6 is 0 Å². The average molecular weight is 325 g/mol. The van der Waals surface area contributed by atoms with Gasteiger partial charge in [0.15, 0.2) is 0 Å². The lowest BCUT2D eigenvalue weighted by Gasteiger charge is -2.31. The molecule has 1 N–H and O–H groups in total. The number of carbonyl (C=O) groups is 1. The highest BCUT2D eigenvalue weighted by Crippen LogP contribution is 2.20. The third kappa shape index (κ3) is 4.15. The first-order valence-electron chi connectivity index (χ1n) is 8.43. The van der Waals surface area contributed by atoms with Crippen LogP contribution in [0.1, 0.15) is 28.8 Å². The Morgan fingerprint density at radius 2 is 1.71 bits per heavy atom. The molecule has 1 amide bonds. The number of amides is 1. The Hall–Kier alpha value is -2.33. The summed E-state index contributed by atoms with van der Waals surface area (Å²) in [4.78, 5) is 14.4. The topological polar surface area (TPSA) is 49.8 Å². The number of nitrogens with zero attached hydrogens (tertiary/aromatic N) is 1. The van der Waals surface area contributed by atoms with Crippen molar-refractivity contribution in [1.29, 1.82) is 0 Å². The van der Waals surface area contributed by atoms with E-state index in [1.807, 2.05) is 59.5 Å². The lowest BCUT2D eigenvalue weighted by Crippen LogP contribution is -2.39. The minimum absolute atomic E-state index is 0.0565. The molecule has 1 aliphatic rings. The predicted octanol–water partition coefficient (Wildman–Crippen LogP) is 3.11. The molecule has 0 aromatic heterocycles. The van der Waals surface area contributed by atoms with Gasteiger partial charge in [0.2, 0.25) is 0 Å². The van der Waals surface area contributed by atoms with Gasteiger partial charge in [-0.3, -0.25) is 4.79 Å². The van der Waals surface area contributed by atoms with E-state index < -0.39 is 0 Å².